The molecule has 2 nitrogen and oxygen atoms in total. The molecule has 1 aromatic heterocycles. The third-order valence-electron chi connectivity index (χ3n) is 1.17. The Kier molecular flexibility index (Phi) is 2.87. The summed E-state index contributed by atoms with van der Waals surface area (Å²) in [5, 5.41) is 1.29. The molecule has 72 valence electrons. The van der Waals surface area contributed by atoms with Gasteiger partial charge >= 0.3 is 5.97 Å². The lowest BCUT2D eigenvalue weighted by Crippen LogP contribution is -2.28. The maximum Gasteiger partial charge on any atom is 0.335 e. The molecule has 0 spiro atoms. The molecule has 1 aromatic rings. The van der Waals surface area contributed by atoms with Gasteiger partial charge in [-0.3, -0.25) is 0 Å². The molecule has 1 heterocycles. The fourth-order valence-corrected chi connectivity index (χ4v) is 2.11. The van der Waals surface area contributed by atoms with Crippen LogP contribution in [0.3, 0.4) is 0 Å². The summed E-state index contributed by atoms with van der Waals surface area (Å²) in [5.41, 5.74) is 0. The lowest BCUT2D eigenvalue weighted by atomic mass is 10.5. The standard InChI is InChI=1S/C8H11FO2SSi/c1-13(2,3)11-8(10)7-4-6(9)5-12-7/h4-5H,1-3H3. The summed E-state index contributed by atoms with van der Waals surface area (Å²) in [6.45, 7) is 5.73. The number of thiophene rings is 1. The molecule has 0 aliphatic heterocycles. The van der Waals surface area contributed by atoms with E-state index in [1.807, 2.05) is 19.6 Å². The van der Waals surface area contributed by atoms with E-state index in [0.717, 1.165) is 11.3 Å². The molecule has 5 heteroatoms. The first kappa shape index (κ1) is 10.4. The Bertz CT molecular complexity index is 316. The Morgan fingerprint density at radius 2 is 2.15 bits per heavy atom. The maximum absolute atomic E-state index is 12.5. The summed E-state index contributed by atoms with van der Waals surface area (Å²) < 4.78 is 17.7. The van der Waals surface area contributed by atoms with Gasteiger partial charge in [-0.2, -0.15) is 0 Å². The van der Waals surface area contributed by atoms with Crippen molar-refractivity contribution in [3.63, 3.8) is 0 Å². The van der Waals surface area contributed by atoms with Crippen molar-refractivity contribution in [3.8, 4) is 0 Å². The largest absolute Gasteiger partial charge is 0.516 e. The van der Waals surface area contributed by atoms with Crippen LogP contribution < -0.4 is 0 Å². The molecule has 0 saturated heterocycles. The van der Waals surface area contributed by atoms with Gasteiger partial charge in [0.15, 0.2) is 0 Å². The lowest BCUT2D eigenvalue weighted by molar-refractivity contribution is 0.0729. The highest BCUT2D eigenvalue weighted by molar-refractivity contribution is 7.12. The molecule has 1 rings (SSSR count). The molecule has 0 bridgehead atoms. The zero-order valence-electron chi connectivity index (χ0n) is 7.76. The molecule has 0 N–H and O–H groups in total. The van der Waals surface area contributed by atoms with Crippen LogP contribution in [0.25, 0.3) is 0 Å². The summed E-state index contributed by atoms with van der Waals surface area (Å²) in [7, 11) is -1.86. The Morgan fingerprint density at radius 3 is 2.54 bits per heavy atom. The van der Waals surface area contributed by atoms with Gasteiger partial charge in [-0.1, -0.05) is 0 Å². The molecule has 0 amide bonds. The number of carbonyl (C=O) groups is 1. The minimum Gasteiger partial charge on any atom is -0.516 e. The second kappa shape index (κ2) is 3.59. The summed E-state index contributed by atoms with van der Waals surface area (Å²) in [5.74, 6) is -0.791. The van der Waals surface area contributed by atoms with Crippen LogP contribution in [0, 0.1) is 5.82 Å². The summed E-state index contributed by atoms with van der Waals surface area (Å²) in [6.07, 6.45) is 0. The van der Waals surface area contributed by atoms with E-state index in [4.69, 9.17) is 4.43 Å². The van der Waals surface area contributed by atoms with Crippen LogP contribution in [0.5, 0.6) is 0 Å². The smallest absolute Gasteiger partial charge is 0.335 e. The maximum atomic E-state index is 12.5. The zero-order chi connectivity index (χ0) is 10.1. The van der Waals surface area contributed by atoms with E-state index >= 15 is 0 Å². The highest BCUT2D eigenvalue weighted by Gasteiger charge is 2.21. The van der Waals surface area contributed by atoms with Crippen molar-refractivity contribution in [2.45, 2.75) is 19.6 Å². The van der Waals surface area contributed by atoms with E-state index in [1.165, 1.54) is 11.4 Å². The number of carbonyl (C=O) groups excluding carboxylic acids is 1. The number of hydrogen-bond donors (Lipinski definition) is 0. The predicted octanol–water partition coefficient (Wildman–Crippen LogP) is 2.88. The van der Waals surface area contributed by atoms with Gasteiger partial charge in [0.1, 0.15) is 10.7 Å². The van der Waals surface area contributed by atoms with Crippen LogP contribution in [-0.4, -0.2) is 14.3 Å². The van der Waals surface area contributed by atoms with Gasteiger partial charge in [0, 0.05) is 5.38 Å². The first-order valence-electron chi connectivity index (χ1n) is 3.86. The van der Waals surface area contributed by atoms with E-state index in [2.05, 4.69) is 0 Å². The van der Waals surface area contributed by atoms with Crippen molar-refractivity contribution in [3.05, 3.63) is 22.1 Å². The normalized spacial score (nSPS) is 11.4. The molecular formula is C8H11FO2SSi. The topological polar surface area (TPSA) is 26.3 Å². The van der Waals surface area contributed by atoms with E-state index < -0.39 is 14.3 Å². The highest BCUT2D eigenvalue weighted by Crippen LogP contribution is 2.16. The molecule has 0 unspecified atom stereocenters. The molecule has 0 atom stereocenters. The van der Waals surface area contributed by atoms with Gasteiger partial charge in [0.05, 0.1) is 0 Å². The van der Waals surface area contributed by atoms with Crippen molar-refractivity contribution in [2.24, 2.45) is 0 Å². The second-order valence-electron chi connectivity index (χ2n) is 3.63. The Hall–Kier alpha value is -0.683. The first-order chi connectivity index (χ1) is 5.88. The zero-order valence-corrected chi connectivity index (χ0v) is 9.57. The molecule has 13 heavy (non-hydrogen) atoms. The quantitative estimate of drug-likeness (QED) is 0.713. The molecular weight excluding hydrogens is 207 g/mol. The van der Waals surface area contributed by atoms with Crippen molar-refractivity contribution >= 4 is 25.6 Å². The molecule has 0 saturated carbocycles. The Labute approximate surface area is 81.5 Å². The molecule has 0 aliphatic carbocycles. The average molecular weight is 218 g/mol. The number of rotatable bonds is 2. The predicted molar refractivity (Wildman–Crippen MR) is 53.0 cm³/mol. The van der Waals surface area contributed by atoms with Crippen LogP contribution in [0.2, 0.25) is 19.6 Å². The van der Waals surface area contributed by atoms with Gasteiger partial charge < -0.3 is 4.43 Å². The van der Waals surface area contributed by atoms with Crippen molar-refractivity contribution < 1.29 is 13.6 Å². The van der Waals surface area contributed by atoms with E-state index in [1.54, 1.807) is 0 Å². The van der Waals surface area contributed by atoms with Crippen molar-refractivity contribution in [1.82, 2.24) is 0 Å². The fraction of sp³-hybridized carbons (Fsp3) is 0.375. The third kappa shape index (κ3) is 3.28. The van der Waals surface area contributed by atoms with Crippen LogP contribution in [0.1, 0.15) is 9.67 Å². The monoisotopic (exact) mass is 218 g/mol. The van der Waals surface area contributed by atoms with Crippen molar-refractivity contribution in [1.29, 1.82) is 0 Å². The lowest BCUT2D eigenvalue weighted by Gasteiger charge is -2.16. The minimum atomic E-state index is -1.86. The SMILES string of the molecule is C[Si](C)(C)OC(=O)c1cc(F)cs1. The van der Waals surface area contributed by atoms with Crippen molar-refractivity contribution in [2.75, 3.05) is 0 Å². The minimum absolute atomic E-state index is 0.333. The molecule has 0 fully saturated rings. The van der Waals surface area contributed by atoms with Crippen LogP contribution >= 0.6 is 11.3 Å². The van der Waals surface area contributed by atoms with Gasteiger partial charge in [0.25, 0.3) is 0 Å². The van der Waals surface area contributed by atoms with Gasteiger partial charge in [-0.25, -0.2) is 9.18 Å². The third-order valence-corrected chi connectivity index (χ3v) is 2.85. The van der Waals surface area contributed by atoms with Gasteiger partial charge in [-0.05, 0) is 25.7 Å². The molecule has 0 radical (unpaired) electrons. The average Bonchev–Trinajstić information content (AvgIpc) is 2.31. The summed E-state index contributed by atoms with van der Waals surface area (Å²) in [6, 6.07) is 1.20. The van der Waals surface area contributed by atoms with Crippen LogP contribution in [0.4, 0.5) is 4.39 Å². The van der Waals surface area contributed by atoms with E-state index in [0.29, 0.717) is 4.88 Å². The van der Waals surface area contributed by atoms with Crippen LogP contribution in [0.15, 0.2) is 11.4 Å². The molecule has 0 aromatic carbocycles. The Balaban J connectivity index is 2.70. The van der Waals surface area contributed by atoms with Gasteiger partial charge in [-0.15, -0.1) is 11.3 Å². The highest BCUT2D eigenvalue weighted by atomic mass is 32.1. The first-order valence-corrected chi connectivity index (χ1v) is 8.15. The number of hydrogen-bond acceptors (Lipinski definition) is 3. The summed E-state index contributed by atoms with van der Waals surface area (Å²) >= 11 is 1.07. The summed E-state index contributed by atoms with van der Waals surface area (Å²) in [4.78, 5) is 11.7. The Morgan fingerprint density at radius 1 is 1.54 bits per heavy atom. The van der Waals surface area contributed by atoms with E-state index in [-0.39, 0.29) is 5.82 Å². The number of halogens is 1. The molecule has 0 aliphatic rings. The van der Waals surface area contributed by atoms with Gasteiger partial charge in [0.2, 0.25) is 8.32 Å². The second-order valence-corrected chi connectivity index (χ2v) is 8.97. The van der Waals surface area contributed by atoms with Crippen LogP contribution in [-0.2, 0) is 4.43 Å². The fourth-order valence-electron chi connectivity index (χ4n) is 0.748. The van der Waals surface area contributed by atoms with E-state index in [9.17, 15) is 9.18 Å².